The topological polar surface area (TPSA) is 66.7 Å². The predicted molar refractivity (Wildman–Crippen MR) is 40.8 cm³/mol. The highest BCUT2D eigenvalue weighted by atomic mass is 32.2. The Kier molecular flexibility index (Phi) is 2.05. The zero-order valence-corrected chi connectivity index (χ0v) is 6.25. The molecule has 0 saturated carbocycles. The average Bonchev–Trinajstić information content (AvgIpc) is 2.10. The van der Waals surface area contributed by atoms with Crippen molar-refractivity contribution in [1.82, 2.24) is 0 Å². The van der Waals surface area contributed by atoms with Crippen molar-refractivity contribution in [2.45, 2.75) is 0 Å². The van der Waals surface area contributed by atoms with Crippen molar-refractivity contribution < 1.29 is 13.0 Å². The summed E-state index contributed by atoms with van der Waals surface area (Å²) in [4.78, 5) is 3.44. The Morgan fingerprint density at radius 1 is 1.55 bits per heavy atom. The van der Waals surface area contributed by atoms with E-state index in [0.717, 1.165) is 6.08 Å². The summed E-state index contributed by atoms with van der Waals surface area (Å²) in [6.07, 6.45) is 5.35. The number of hydrogen-bond acceptors (Lipinski definition) is 3. The van der Waals surface area contributed by atoms with E-state index in [-0.39, 0.29) is 0 Å². The molecule has 1 heterocycles. The smallest absolute Gasteiger partial charge is 0.281 e. The fourth-order valence-electron chi connectivity index (χ4n) is 0.513. The average molecular weight is 171 g/mol. The van der Waals surface area contributed by atoms with Crippen LogP contribution in [0, 0.1) is 0 Å². The van der Waals surface area contributed by atoms with E-state index in [2.05, 4.69) is 10.7 Å². The Balaban J connectivity index is 3.18. The normalized spacial score (nSPS) is 16.3. The highest BCUT2D eigenvalue weighted by molar-refractivity contribution is 8.02. The third-order valence-corrected chi connectivity index (χ3v) is 1.70. The molecule has 0 aromatic rings. The van der Waals surface area contributed by atoms with E-state index in [1.165, 1.54) is 18.4 Å². The minimum Gasteiger partial charge on any atom is -0.281 e. The number of hydrogen-bond donors (Lipinski definition) is 1. The van der Waals surface area contributed by atoms with Crippen LogP contribution < -0.4 is 0 Å². The van der Waals surface area contributed by atoms with Crippen molar-refractivity contribution in [1.29, 1.82) is 0 Å². The first-order chi connectivity index (χ1) is 5.11. The minimum atomic E-state index is -4.19. The molecule has 0 fully saturated rings. The molecule has 0 unspecified atom stereocenters. The second kappa shape index (κ2) is 2.84. The van der Waals surface area contributed by atoms with Crippen molar-refractivity contribution in [2.75, 3.05) is 0 Å². The molecule has 0 bridgehead atoms. The van der Waals surface area contributed by atoms with Crippen LogP contribution in [0.1, 0.15) is 0 Å². The molecule has 0 amide bonds. The summed E-state index contributed by atoms with van der Waals surface area (Å²) in [5.41, 5.74) is 2.50. The summed E-state index contributed by atoms with van der Waals surface area (Å²) < 4.78 is 29.4. The Hall–Kier alpha value is -1.16. The van der Waals surface area contributed by atoms with Crippen LogP contribution >= 0.6 is 0 Å². The Bertz CT molecular complexity index is 369. The first kappa shape index (κ1) is 7.94. The molecular formula is C6H5NO3S. The third-order valence-electron chi connectivity index (χ3n) is 0.951. The monoisotopic (exact) mass is 171 g/mol. The zero-order valence-electron chi connectivity index (χ0n) is 5.43. The molecule has 0 radical (unpaired) electrons. The van der Waals surface area contributed by atoms with Gasteiger partial charge >= 0.3 is 10.1 Å². The van der Waals surface area contributed by atoms with Gasteiger partial charge in [-0.2, -0.15) is 8.42 Å². The van der Waals surface area contributed by atoms with Crippen LogP contribution in [-0.2, 0) is 10.1 Å². The lowest BCUT2D eigenvalue weighted by atomic mass is 10.5. The van der Waals surface area contributed by atoms with Gasteiger partial charge in [0.2, 0.25) is 0 Å². The molecule has 58 valence electrons. The Morgan fingerprint density at radius 2 is 2.27 bits per heavy atom. The molecule has 1 aliphatic rings. The van der Waals surface area contributed by atoms with E-state index in [0.29, 0.717) is 0 Å². The van der Waals surface area contributed by atoms with Gasteiger partial charge in [0.25, 0.3) is 0 Å². The van der Waals surface area contributed by atoms with Crippen LogP contribution in [0.2, 0.25) is 0 Å². The SMILES string of the molecule is O=S(=O)(O)C1=NC=CC=C=C1. The molecule has 1 aliphatic heterocycles. The van der Waals surface area contributed by atoms with E-state index in [1.807, 2.05) is 0 Å². The molecule has 4 nitrogen and oxygen atoms in total. The third kappa shape index (κ3) is 2.16. The van der Waals surface area contributed by atoms with Gasteiger partial charge in [-0.05, 0) is 12.2 Å². The number of nitrogens with zero attached hydrogens (tertiary/aromatic N) is 1. The second-order valence-corrected chi connectivity index (χ2v) is 3.13. The summed E-state index contributed by atoms with van der Waals surface area (Å²) >= 11 is 0. The summed E-state index contributed by atoms with van der Waals surface area (Å²) in [6.45, 7) is 0. The highest BCUT2D eigenvalue weighted by Gasteiger charge is 2.11. The van der Waals surface area contributed by atoms with Crippen molar-refractivity contribution in [3.05, 3.63) is 30.2 Å². The molecule has 5 heteroatoms. The van der Waals surface area contributed by atoms with Gasteiger partial charge in [0.05, 0.1) is 0 Å². The predicted octanol–water partition coefficient (Wildman–Crippen LogP) is 0.511. The van der Waals surface area contributed by atoms with E-state index in [9.17, 15) is 8.42 Å². The van der Waals surface area contributed by atoms with Crippen molar-refractivity contribution in [3.8, 4) is 0 Å². The molecule has 0 atom stereocenters. The van der Waals surface area contributed by atoms with Crippen LogP contribution in [0.25, 0.3) is 0 Å². The van der Waals surface area contributed by atoms with Crippen LogP contribution in [0.3, 0.4) is 0 Å². The van der Waals surface area contributed by atoms with Gasteiger partial charge in [0.1, 0.15) is 0 Å². The lowest BCUT2D eigenvalue weighted by molar-refractivity contribution is 0.498. The van der Waals surface area contributed by atoms with Gasteiger partial charge in [-0.1, -0.05) is 0 Å². The number of rotatable bonds is 0. The molecule has 1 N–H and O–H groups in total. The standard InChI is InChI=1S/C6H5NO3S/c8-11(9,10)6-4-2-1-3-5-7-6/h1,3-5H,(H,8,9,10). The van der Waals surface area contributed by atoms with Crippen LogP contribution in [-0.4, -0.2) is 18.0 Å². The van der Waals surface area contributed by atoms with Gasteiger partial charge in [-0.25, -0.2) is 4.99 Å². The quantitative estimate of drug-likeness (QED) is 0.426. The second-order valence-electron chi connectivity index (χ2n) is 1.76. The van der Waals surface area contributed by atoms with E-state index < -0.39 is 15.2 Å². The van der Waals surface area contributed by atoms with E-state index in [1.54, 1.807) is 0 Å². The largest absolute Gasteiger partial charge is 0.312 e. The molecule has 0 aromatic carbocycles. The molecule has 0 saturated heterocycles. The van der Waals surface area contributed by atoms with Gasteiger partial charge in [-0.3, -0.25) is 4.55 Å². The van der Waals surface area contributed by atoms with Crippen molar-refractivity contribution in [3.63, 3.8) is 0 Å². The first-order valence-corrected chi connectivity index (χ1v) is 4.17. The minimum absolute atomic E-state index is 0.400. The van der Waals surface area contributed by atoms with Gasteiger partial charge in [0.15, 0.2) is 5.04 Å². The van der Waals surface area contributed by atoms with Gasteiger partial charge in [-0.15, -0.1) is 5.73 Å². The lowest BCUT2D eigenvalue weighted by Gasteiger charge is -1.89. The molecule has 0 aromatic heterocycles. The van der Waals surface area contributed by atoms with Crippen molar-refractivity contribution in [2.24, 2.45) is 4.99 Å². The number of allylic oxidation sites excluding steroid dienone is 1. The Morgan fingerprint density at radius 3 is 2.91 bits per heavy atom. The maximum absolute atomic E-state index is 10.4. The number of aliphatic imine (C=N–C) groups is 1. The fourth-order valence-corrected chi connectivity index (χ4v) is 0.924. The summed E-state index contributed by atoms with van der Waals surface area (Å²) in [5, 5.41) is -0.400. The van der Waals surface area contributed by atoms with Crippen LogP contribution in [0.5, 0.6) is 0 Å². The highest BCUT2D eigenvalue weighted by Crippen LogP contribution is 1.95. The van der Waals surface area contributed by atoms with Crippen LogP contribution in [0.15, 0.2) is 35.2 Å². The van der Waals surface area contributed by atoms with E-state index >= 15 is 0 Å². The first-order valence-electron chi connectivity index (χ1n) is 2.73. The molecule has 1 rings (SSSR count). The molecule has 0 spiro atoms. The molecule has 11 heavy (non-hydrogen) atoms. The summed E-state index contributed by atoms with van der Waals surface area (Å²) in [6, 6.07) is 0. The maximum atomic E-state index is 10.4. The molecular weight excluding hydrogens is 166 g/mol. The van der Waals surface area contributed by atoms with E-state index in [4.69, 9.17) is 4.55 Å². The van der Waals surface area contributed by atoms with Gasteiger partial charge < -0.3 is 0 Å². The summed E-state index contributed by atoms with van der Waals surface area (Å²) in [5.74, 6) is 0. The molecule has 0 aliphatic carbocycles. The van der Waals surface area contributed by atoms with Gasteiger partial charge in [0, 0.05) is 12.3 Å². The lowest BCUT2D eigenvalue weighted by Crippen LogP contribution is -2.09. The zero-order chi connectivity index (χ0) is 8.32. The van der Waals surface area contributed by atoms with Crippen LogP contribution in [0.4, 0.5) is 0 Å². The summed E-state index contributed by atoms with van der Waals surface area (Å²) in [7, 11) is -4.19. The maximum Gasteiger partial charge on any atom is 0.312 e. The Labute approximate surface area is 64.0 Å². The fraction of sp³-hybridized carbons (Fsp3) is 0. The van der Waals surface area contributed by atoms with Crippen molar-refractivity contribution >= 4 is 15.2 Å².